The number of nitro groups is 1. The quantitative estimate of drug-likeness (QED) is 0.383. The van der Waals surface area contributed by atoms with Gasteiger partial charge in [-0.05, 0) is 43.5 Å². The molecule has 33 heavy (non-hydrogen) atoms. The van der Waals surface area contributed by atoms with Crippen LogP contribution in [0.4, 0.5) is 5.69 Å². The van der Waals surface area contributed by atoms with Crippen LogP contribution in [-0.2, 0) is 14.9 Å². The van der Waals surface area contributed by atoms with E-state index in [1.165, 1.54) is 6.07 Å². The lowest BCUT2D eigenvalue weighted by Crippen LogP contribution is -2.44. The number of benzene rings is 2. The van der Waals surface area contributed by atoms with Gasteiger partial charge in [-0.3, -0.25) is 14.9 Å². The molecule has 0 radical (unpaired) electrons. The van der Waals surface area contributed by atoms with Crippen LogP contribution in [0.2, 0.25) is 0 Å². The molecule has 1 amide bonds. The van der Waals surface area contributed by atoms with Crippen LogP contribution in [0.5, 0.6) is 11.5 Å². The van der Waals surface area contributed by atoms with Gasteiger partial charge in [0.05, 0.1) is 17.1 Å². The van der Waals surface area contributed by atoms with E-state index in [1.807, 2.05) is 18.2 Å². The van der Waals surface area contributed by atoms with Gasteiger partial charge in [-0.1, -0.05) is 6.07 Å². The first-order chi connectivity index (χ1) is 15.9. The van der Waals surface area contributed by atoms with E-state index in [0.717, 1.165) is 17.7 Å². The van der Waals surface area contributed by atoms with E-state index in [-0.39, 0.29) is 36.8 Å². The zero-order valence-electron chi connectivity index (χ0n) is 18.1. The largest absolute Gasteiger partial charge is 0.462 e. The zero-order valence-corrected chi connectivity index (χ0v) is 18.1. The standard InChI is InChI=1S/C23H24N2O8/c1-2-31-22(27)16-9-15(10-18(11-16)25(28)29)21(26)24-13-23(5-7-30-8-6-23)17-3-4-19-20(12-17)33-14-32-19/h3-4,9-12H,2,5-8,13-14H2,1H3,(H,24,26). The number of ether oxygens (including phenoxy) is 4. The number of nitrogens with zero attached hydrogens (tertiary/aromatic N) is 1. The number of rotatable bonds is 7. The zero-order chi connectivity index (χ0) is 23.4. The average molecular weight is 456 g/mol. The second-order valence-electron chi connectivity index (χ2n) is 7.89. The van der Waals surface area contributed by atoms with Crippen molar-refractivity contribution < 1.29 is 33.5 Å². The van der Waals surface area contributed by atoms with Crippen molar-refractivity contribution in [2.45, 2.75) is 25.2 Å². The number of non-ortho nitro benzene ring substituents is 1. The molecule has 0 bridgehead atoms. The van der Waals surface area contributed by atoms with Gasteiger partial charge in [0.15, 0.2) is 11.5 Å². The summed E-state index contributed by atoms with van der Waals surface area (Å²) in [6, 6.07) is 9.28. The van der Waals surface area contributed by atoms with Crippen LogP contribution in [0.3, 0.4) is 0 Å². The number of hydrogen-bond donors (Lipinski definition) is 1. The highest BCUT2D eigenvalue weighted by molar-refractivity contribution is 5.99. The van der Waals surface area contributed by atoms with Gasteiger partial charge < -0.3 is 24.3 Å². The minimum atomic E-state index is -0.725. The smallest absolute Gasteiger partial charge is 0.338 e. The van der Waals surface area contributed by atoms with Crippen molar-refractivity contribution in [2.24, 2.45) is 0 Å². The number of amides is 1. The van der Waals surface area contributed by atoms with E-state index in [9.17, 15) is 19.7 Å². The summed E-state index contributed by atoms with van der Waals surface area (Å²) in [5.74, 6) is 0.0860. The highest BCUT2D eigenvalue weighted by atomic mass is 16.7. The maximum Gasteiger partial charge on any atom is 0.338 e. The number of hydrogen-bond acceptors (Lipinski definition) is 8. The van der Waals surface area contributed by atoms with Crippen molar-refractivity contribution in [3.63, 3.8) is 0 Å². The Morgan fingerprint density at radius 1 is 1.09 bits per heavy atom. The Kier molecular flexibility index (Phi) is 6.45. The molecule has 0 saturated carbocycles. The Labute approximate surface area is 189 Å². The SMILES string of the molecule is CCOC(=O)c1cc(C(=O)NCC2(c3ccc4c(c3)OCO4)CCOCC2)cc([N+](=O)[O-])c1. The molecule has 10 nitrogen and oxygen atoms in total. The van der Waals surface area contributed by atoms with Crippen LogP contribution in [0.1, 0.15) is 46.0 Å². The summed E-state index contributed by atoms with van der Waals surface area (Å²) in [6.45, 7) is 3.27. The second-order valence-corrected chi connectivity index (χ2v) is 7.89. The summed E-state index contributed by atoms with van der Waals surface area (Å²) in [6.07, 6.45) is 1.35. The predicted molar refractivity (Wildman–Crippen MR) is 116 cm³/mol. The summed E-state index contributed by atoms with van der Waals surface area (Å²) in [5.41, 5.74) is 0.191. The van der Waals surface area contributed by atoms with Crippen molar-refractivity contribution in [1.29, 1.82) is 0 Å². The maximum atomic E-state index is 13.0. The van der Waals surface area contributed by atoms with Crippen molar-refractivity contribution in [3.05, 3.63) is 63.2 Å². The minimum Gasteiger partial charge on any atom is -0.462 e. The molecule has 0 aromatic heterocycles. The maximum absolute atomic E-state index is 13.0. The first-order valence-corrected chi connectivity index (χ1v) is 10.6. The lowest BCUT2D eigenvalue weighted by Gasteiger charge is -2.38. The minimum absolute atomic E-state index is 0.0140. The third kappa shape index (κ3) is 4.75. The predicted octanol–water partition coefficient (Wildman–Crippen LogP) is 2.98. The van der Waals surface area contributed by atoms with Gasteiger partial charge >= 0.3 is 5.97 Å². The topological polar surface area (TPSA) is 126 Å². The van der Waals surface area contributed by atoms with Crippen LogP contribution < -0.4 is 14.8 Å². The van der Waals surface area contributed by atoms with Gasteiger partial charge in [0.25, 0.3) is 11.6 Å². The van der Waals surface area contributed by atoms with Gasteiger partial charge in [-0.2, -0.15) is 0 Å². The molecule has 4 rings (SSSR count). The van der Waals surface area contributed by atoms with Gasteiger partial charge in [0.1, 0.15) is 0 Å². The average Bonchev–Trinajstić information content (AvgIpc) is 3.31. The third-order valence-electron chi connectivity index (χ3n) is 5.92. The van der Waals surface area contributed by atoms with Crippen LogP contribution in [0, 0.1) is 10.1 Å². The second kappa shape index (κ2) is 9.45. The molecule has 0 atom stereocenters. The molecule has 0 unspecified atom stereocenters. The van der Waals surface area contributed by atoms with E-state index in [1.54, 1.807) is 6.92 Å². The highest BCUT2D eigenvalue weighted by Crippen LogP contribution is 2.40. The Morgan fingerprint density at radius 2 is 1.82 bits per heavy atom. The van der Waals surface area contributed by atoms with Gasteiger partial charge in [0, 0.05) is 42.9 Å². The van der Waals surface area contributed by atoms with Crippen molar-refractivity contribution in [1.82, 2.24) is 5.32 Å². The summed E-state index contributed by atoms with van der Waals surface area (Å²) in [7, 11) is 0. The van der Waals surface area contributed by atoms with Crippen LogP contribution >= 0.6 is 0 Å². The van der Waals surface area contributed by atoms with Crippen LogP contribution in [0.25, 0.3) is 0 Å². The molecule has 10 heteroatoms. The van der Waals surface area contributed by atoms with Crippen LogP contribution in [-0.4, -0.2) is 50.0 Å². The molecule has 174 valence electrons. The molecular formula is C23H24N2O8. The number of fused-ring (bicyclic) bond motifs is 1. The fraction of sp³-hybridized carbons (Fsp3) is 0.391. The normalized spacial score (nSPS) is 16.2. The number of carbonyl (C=O) groups excluding carboxylic acids is 2. The van der Waals surface area contributed by atoms with Gasteiger partial charge in [0.2, 0.25) is 6.79 Å². The monoisotopic (exact) mass is 456 g/mol. The van der Waals surface area contributed by atoms with E-state index >= 15 is 0 Å². The first kappa shape index (κ1) is 22.5. The Morgan fingerprint density at radius 3 is 2.55 bits per heavy atom. The Hall–Kier alpha value is -3.66. The summed E-state index contributed by atoms with van der Waals surface area (Å²) < 4.78 is 21.4. The van der Waals surface area contributed by atoms with Crippen molar-refractivity contribution >= 4 is 17.6 Å². The van der Waals surface area contributed by atoms with E-state index in [2.05, 4.69) is 5.32 Å². The Balaban J connectivity index is 1.58. The molecule has 0 spiro atoms. The molecule has 2 aromatic rings. The molecule has 2 heterocycles. The summed E-state index contributed by atoms with van der Waals surface area (Å²) in [5, 5.41) is 14.2. The lowest BCUT2D eigenvalue weighted by molar-refractivity contribution is -0.384. The fourth-order valence-corrected chi connectivity index (χ4v) is 4.09. The molecule has 2 aliphatic rings. The summed E-state index contributed by atoms with van der Waals surface area (Å²) >= 11 is 0. The first-order valence-electron chi connectivity index (χ1n) is 10.6. The number of carbonyl (C=O) groups is 2. The molecule has 2 aromatic carbocycles. The molecule has 1 N–H and O–H groups in total. The van der Waals surface area contributed by atoms with Crippen molar-refractivity contribution in [2.75, 3.05) is 33.2 Å². The number of nitro benzene ring substituents is 1. The molecular weight excluding hydrogens is 432 g/mol. The van der Waals surface area contributed by atoms with Gasteiger partial charge in [-0.25, -0.2) is 4.79 Å². The number of esters is 1. The fourth-order valence-electron chi connectivity index (χ4n) is 4.09. The van der Waals surface area contributed by atoms with Crippen LogP contribution in [0.15, 0.2) is 36.4 Å². The number of nitrogens with one attached hydrogen (secondary N) is 1. The van der Waals surface area contributed by atoms with Gasteiger partial charge in [-0.15, -0.1) is 0 Å². The van der Waals surface area contributed by atoms with E-state index in [4.69, 9.17) is 18.9 Å². The Bertz CT molecular complexity index is 1080. The highest BCUT2D eigenvalue weighted by Gasteiger charge is 2.36. The molecule has 1 fully saturated rings. The van der Waals surface area contributed by atoms with E-state index < -0.39 is 22.2 Å². The molecule has 2 aliphatic heterocycles. The van der Waals surface area contributed by atoms with E-state index in [0.29, 0.717) is 37.6 Å². The van der Waals surface area contributed by atoms with Crippen molar-refractivity contribution in [3.8, 4) is 11.5 Å². The third-order valence-corrected chi connectivity index (χ3v) is 5.92. The lowest BCUT2D eigenvalue weighted by atomic mass is 9.74. The molecule has 0 aliphatic carbocycles. The molecule has 1 saturated heterocycles. The summed E-state index contributed by atoms with van der Waals surface area (Å²) in [4.78, 5) is 35.8.